The van der Waals surface area contributed by atoms with Crippen molar-refractivity contribution < 1.29 is 24.9 Å². The van der Waals surface area contributed by atoms with Crippen LogP contribution in [0.15, 0.2) is 47.5 Å². The molecule has 0 atom stereocenters. The summed E-state index contributed by atoms with van der Waals surface area (Å²) in [5, 5.41) is 25.7. The van der Waals surface area contributed by atoms with Gasteiger partial charge < -0.3 is 20.1 Å². The fourth-order valence-corrected chi connectivity index (χ4v) is 1.64. The number of aromatic carboxylic acids is 1. The molecule has 6 nitrogen and oxygen atoms in total. The van der Waals surface area contributed by atoms with E-state index in [-0.39, 0.29) is 11.3 Å². The molecule has 116 valence electrons. The van der Waals surface area contributed by atoms with Gasteiger partial charge in [0.25, 0.3) is 0 Å². The molecule has 0 aliphatic heterocycles. The fourth-order valence-electron chi connectivity index (χ4n) is 1.64. The number of methoxy groups -OCH3 is 1. The van der Waals surface area contributed by atoms with Crippen molar-refractivity contribution in [2.24, 2.45) is 4.99 Å². The minimum absolute atomic E-state index is 0.0147. The Morgan fingerprint density at radius 2 is 1.77 bits per heavy atom. The van der Waals surface area contributed by atoms with Crippen LogP contribution < -0.4 is 4.74 Å². The number of phenols is 1. The molecule has 3 N–H and O–H groups in total. The largest absolute Gasteiger partial charge is 0.504 e. The molecule has 0 aliphatic carbocycles. The quantitative estimate of drug-likeness (QED) is 0.753. The highest BCUT2D eigenvalue weighted by atomic mass is 16.5. The third-order valence-corrected chi connectivity index (χ3v) is 2.72. The summed E-state index contributed by atoms with van der Waals surface area (Å²) in [6.07, 6.45) is 1.49. The fraction of sp³-hybridized carbons (Fsp3) is 0.125. The number of aliphatic hydroxyl groups is 1. The number of para-hydroxylation sites is 1. The van der Waals surface area contributed by atoms with Gasteiger partial charge >= 0.3 is 5.97 Å². The second-order valence-electron chi connectivity index (χ2n) is 4.01. The number of benzene rings is 2. The second-order valence-corrected chi connectivity index (χ2v) is 4.01. The van der Waals surface area contributed by atoms with E-state index in [4.69, 9.17) is 14.9 Å². The first-order valence-electron chi connectivity index (χ1n) is 6.30. The number of ether oxygens (including phenoxy) is 1. The summed E-state index contributed by atoms with van der Waals surface area (Å²) >= 11 is 0. The van der Waals surface area contributed by atoms with Crippen LogP contribution in [0.3, 0.4) is 0 Å². The van der Waals surface area contributed by atoms with Gasteiger partial charge in [-0.05, 0) is 36.4 Å². The third kappa shape index (κ3) is 4.32. The smallest absolute Gasteiger partial charge is 0.335 e. The summed E-state index contributed by atoms with van der Waals surface area (Å²) in [4.78, 5) is 14.9. The lowest BCUT2D eigenvalue weighted by Crippen LogP contribution is -1.94. The average Bonchev–Trinajstić information content (AvgIpc) is 2.56. The molecule has 6 heteroatoms. The van der Waals surface area contributed by atoms with E-state index in [0.29, 0.717) is 17.0 Å². The highest BCUT2D eigenvalue weighted by Gasteiger charge is 2.05. The van der Waals surface area contributed by atoms with Gasteiger partial charge in [-0.1, -0.05) is 6.07 Å². The first kappa shape index (κ1) is 17.2. The Morgan fingerprint density at radius 1 is 1.14 bits per heavy atom. The first-order chi connectivity index (χ1) is 10.6. The van der Waals surface area contributed by atoms with E-state index in [1.54, 1.807) is 30.3 Å². The van der Waals surface area contributed by atoms with Crippen molar-refractivity contribution in [3.63, 3.8) is 0 Å². The third-order valence-electron chi connectivity index (χ3n) is 2.72. The number of phenolic OH excluding ortho intramolecular Hbond substituents is 1. The van der Waals surface area contributed by atoms with Crippen LogP contribution in [0.25, 0.3) is 0 Å². The molecule has 0 fully saturated rings. The van der Waals surface area contributed by atoms with E-state index in [0.717, 1.165) is 7.11 Å². The van der Waals surface area contributed by atoms with Crippen LogP contribution in [0.4, 0.5) is 5.69 Å². The second kappa shape index (κ2) is 8.43. The van der Waals surface area contributed by atoms with E-state index >= 15 is 0 Å². The van der Waals surface area contributed by atoms with Gasteiger partial charge in [0.05, 0.1) is 18.4 Å². The van der Waals surface area contributed by atoms with Gasteiger partial charge in [0.15, 0.2) is 11.5 Å². The number of aliphatic imine (C=N–C) groups is 1. The van der Waals surface area contributed by atoms with Crippen molar-refractivity contribution in [3.05, 3.63) is 53.6 Å². The number of carboxylic acid groups (broad SMARTS) is 1. The van der Waals surface area contributed by atoms with E-state index in [2.05, 4.69) is 4.99 Å². The van der Waals surface area contributed by atoms with Gasteiger partial charge in [0.1, 0.15) is 0 Å². The Hall–Kier alpha value is -2.86. The number of nitrogens with zero attached hydrogens (tertiary/aromatic N) is 1. The Labute approximate surface area is 128 Å². The number of carboxylic acids is 1. The molecule has 0 unspecified atom stereocenters. The van der Waals surface area contributed by atoms with Crippen molar-refractivity contribution in [2.45, 2.75) is 0 Å². The van der Waals surface area contributed by atoms with Crippen LogP contribution in [0.5, 0.6) is 11.5 Å². The monoisotopic (exact) mass is 303 g/mol. The Balaban J connectivity index is 0.00000116. The maximum absolute atomic E-state index is 10.7. The Kier molecular flexibility index (Phi) is 6.59. The number of aliphatic hydroxyl groups excluding tert-OH is 1. The van der Waals surface area contributed by atoms with E-state index in [1.807, 2.05) is 0 Å². The standard InChI is InChI=1S/C15H13NO4.CH4O/c1-20-13-4-2-3-11(14(13)17)9-16-12-7-5-10(6-8-12)15(18)19;1-2/h2-9,17H,1H3,(H,18,19);2H,1H3. The van der Waals surface area contributed by atoms with E-state index in [9.17, 15) is 9.90 Å². The molecular weight excluding hydrogens is 286 g/mol. The maximum atomic E-state index is 10.7. The summed E-state index contributed by atoms with van der Waals surface area (Å²) in [6, 6.07) is 11.2. The van der Waals surface area contributed by atoms with Crippen molar-refractivity contribution in [2.75, 3.05) is 14.2 Å². The van der Waals surface area contributed by atoms with Gasteiger partial charge in [-0.25, -0.2) is 4.79 Å². The minimum atomic E-state index is -0.981. The molecule has 0 saturated carbocycles. The van der Waals surface area contributed by atoms with Crippen LogP contribution in [0, 0.1) is 0 Å². The number of aromatic hydroxyl groups is 1. The SMILES string of the molecule is CO.COc1cccc(C=Nc2ccc(C(=O)O)cc2)c1O. The molecule has 0 spiro atoms. The highest BCUT2D eigenvalue weighted by molar-refractivity contribution is 5.89. The highest BCUT2D eigenvalue weighted by Crippen LogP contribution is 2.28. The molecule has 0 saturated heterocycles. The summed E-state index contributed by atoms with van der Waals surface area (Å²) in [5.74, 6) is -0.595. The lowest BCUT2D eigenvalue weighted by atomic mass is 10.2. The van der Waals surface area contributed by atoms with Crippen molar-refractivity contribution in [1.29, 1.82) is 0 Å². The predicted octanol–water partition coefficient (Wildman–Crippen LogP) is 2.46. The summed E-state index contributed by atoms with van der Waals surface area (Å²) in [5.41, 5.74) is 1.32. The Bertz CT molecular complexity index is 650. The van der Waals surface area contributed by atoms with Crippen molar-refractivity contribution in [3.8, 4) is 11.5 Å². The van der Waals surface area contributed by atoms with Gasteiger partial charge in [-0.2, -0.15) is 0 Å². The summed E-state index contributed by atoms with van der Waals surface area (Å²) in [7, 11) is 2.47. The normalized spacial score (nSPS) is 9.95. The van der Waals surface area contributed by atoms with E-state index < -0.39 is 5.97 Å². The van der Waals surface area contributed by atoms with Crippen molar-refractivity contribution >= 4 is 17.9 Å². The maximum Gasteiger partial charge on any atom is 0.335 e. The number of carbonyl (C=O) groups is 1. The molecule has 2 aromatic carbocycles. The zero-order chi connectivity index (χ0) is 16.5. The summed E-state index contributed by atoms with van der Waals surface area (Å²) in [6.45, 7) is 0. The van der Waals surface area contributed by atoms with Crippen LogP contribution in [-0.2, 0) is 0 Å². The lowest BCUT2D eigenvalue weighted by Gasteiger charge is -2.04. The Morgan fingerprint density at radius 3 is 2.32 bits per heavy atom. The first-order valence-corrected chi connectivity index (χ1v) is 6.30. The zero-order valence-electron chi connectivity index (χ0n) is 12.2. The summed E-state index contributed by atoms with van der Waals surface area (Å²) < 4.78 is 5.00. The molecule has 22 heavy (non-hydrogen) atoms. The van der Waals surface area contributed by atoms with Gasteiger partial charge in [0, 0.05) is 18.9 Å². The van der Waals surface area contributed by atoms with Crippen LogP contribution in [0.1, 0.15) is 15.9 Å². The molecule has 0 radical (unpaired) electrons. The zero-order valence-corrected chi connectivity index (χ0v) is 12.2. The molecule has 0 aromatic heterocycles. The number of hydrogen-bond acceptors (Lipinski definition) is 5. The molecular formula is C16H17NO5. The number of hydrogen-bond donors (Lipinski definition) is 3. The van der Waals surface area contributed by atoms with Crippen LogP contribution in [0.2, 0.25) is 0 Å². The average molecular weight is 303 g/mol. The molecule has 0 bridgehead atoms. The minimum Gasteiger partial charge on any atom is -0.504 e. The van der Waals surface area contributed by atoms with Crippen molar-refractivity contribution in [1.82, 2.24) is 0 Å². The van der Waals surface area contributed by atoms with Crippen LogP contribution in [-0.4, -0.2) is 41.7 Å². The molecule has 0 heterocycles. The van der Waals surface area contributed by atoms with Gasteiger partial charge in [-0.3, -0.25) is 4.99 Å². The van der Waals surface area contributed by atoms with Gasteiger partial charge in [-0.15, -0.1) is 0 Å². The van der Waals surface area contributed by atoms with E-state index in [1.165, 1.54) is 25.5 Å². The topological polar surface area (TPSA) is 99.4 Å². The predicted molar refractivity (Wildman–Crippen MR) is 83.5 cm³/mol. The molecule has 2 aromatic rings. The van der Waals surface area contributed by atoms with Crippen LogP contribution >= 0.6 is 0 Å². The molecule has 0 aliphatic rings. The molecule has 2 rings (SSSR count). The number of rotatable bonds is 4. The molecule has 0 amide bonds. The van der Waals surface area contributed by atoms with Gasteiger partial charge in [0.2, 0.25) is 0 Å². The lowest BCUT2D eigenvalue weighted by molar-refractivity contribution is 0.0697.